The Labute approximate surface area is 183 Å². The van der Waals surface area contributed by atoms with E-state index in [2.05, 4.69) is 12.2 Å². The molecule has 0 unspecified atom stereocenters. The highest BCUT2D eigenvalue weighted by Gasteiger charge is 2.53. The van der Waals surface area contributed by atoms with Crippen LogP contribution in [0.2, 0.25) is 0 Å². The Balaban J connectivity index is 0.000000411. The van der Waals surface area contributed by atoms with Crippen LogP contribution < -0.4 is 4.74 Å². The number of hydrogen-bond donors (Lipinski definition) is 4. The second-order valence-electron chi connectivity index (χ2n) is 6.50. The summed E-state index contributed by atoms with van der Waals surface area (Å²) in [6.07, 6.45) is 0. The van der Waals surface area contributed by atoms with Crippen molar-refractivity contribution < 1.29 is 29.6 Å². The predicted octanol–water partition coefficient (Wildman–Crippen LogP) is 4.33. The van der Waals surface area contributed by atoms with Gasteiger partial charge >= 0.3 is 5.97 Å². The fourth-order valence-electron chi connectivity index (χ4n) is 3.65. The van der Waals surface area contributed by atoms with E-state index in [0.29, 0.717) is 33.8 Å². The third-order valence-electron chi connectivity index (χ3n) is 4.68. The summed E-state index contributed by atoms with van der Waals surface area (Å²) in [6.45, 7) is 1.93. The van der Waals surface area contributed by atoms with Gasteiger partial charge in [-0.05, 0) is 49.5 Å². The van der Waals surface area contributed by atoms with E-state index in [1.165, 1.54) is 24.3 Å². The van der Waals surface area contributed by atoms with Crippen LogP contribution in [0, 0.1) is 5.41 Å². The minimum atomic E-state index is -1.17. The average Bonchev–Trinajstić information content (AvgIpc) is 3.02. The Bertz CT molecular complexity index is 1120. The summed E-state index contributed by atoms with van der Waals surface area (Å²) in [7, 11) is 0. The van der Waals surface area contributed by atoms with Crippen molar-refractivity contribution in [3.05, 3.63) is 82.9 Å². The van der Waals surface area contributed by atoms with Gasteiger partial charge in [0.15, 0.2) is 5.60 Å². The van der Waals surface area contributed by atoms with Crippen LogP contribution in [0.3, 0.4) is 0 Å². The molecule has 2 aliphatic heterocycles. The molecule has 3 aromatic rings. The first-order valence-corrected chi connectivity index (χ1v) is 9.66. The molecule has 7 nitrogen and oxygen atoms in total. The standard InChI is InChI=1S/C20H12O5.C2H6O.CHNS/c21-11-5-7-15-17(9-11)24-18-10-12(22)6-8-16(18)20(15)14-4-2-1-3-13(14)19(23)25-20;1-2-3;2-1-3/h1-10,21-22H;3H,2H2,1H3;2H. The summed E-state index contributed by atoms with van der Waals surface area (Å²) in [4.78, 5) is 12.5. The molecule has 0 saturated carbocycles. The molecule has 0 amide bonds. The third-order valence-corrected chi connectivity index (χ3v) is 4.68. The summed E-state index contributed by atoms with van der Waals surface area (Å²) < 4.78 is 11.8. The number of ether oxygens (including phenoxy) is 2. The maximum atomic E-state index is 12.5. The van der Waals surface area contributed by atoms with Crippen molar-refractivity contribution in [1.29, 1.82) is 5.41 Å². The van der Waals surface area contributed by atoms with Crippen LogP contribution in [0.4, 0.5) is 0 Å². The van der Waals surface area contributed by atoms with Gasteiger partial charge in [-0.2, -0.15) is 0 Å². The van der Waals surface area contributed by atoms with E-state index >= 15 is 0 Å². The van der Waals surface area contributed by atoms with Crippen molar-refractivity contribution >= 4 is 23.3 Å². The van der Waals surface area contributed by atoms with Crippen LogP contribution in [0.15, 0.2) is 60.7 Å². The predicted molar refractivity (Wildman–Crippen MR) is 116 cm³/mol. The van der Waals surface area contributed by atoms with E-state index in [-0.39, 0.29) is 18.1 Å². The minimum absolute atomic E-state index is 0.0371. The Morgan fingerprint density at radius 3 is 1.97 bits per heavy atom. The molecule has 158 valence electrons. The first-order valence-electron chi connectivity index (χ1n) is 9.25. The Morgan fingerprint density at radius 1 is 0.968 bits per heavy atom. The summed E-state index contributed by atoms with van der Waals surface area (Å²) in [6, 6.07) is 16.6. The zero-order valence-corrected chi connectivity index (χ0v) is 17.3. The number of aromatic hydroxyl groups is 2. The number of carbonyl (C=O) groups is 1. The van der Waals surface area contributed by atoms with Crippen molar-refractivity contribution in [3.8, 4) is 23.0 Å². The number of benzene rings is 3. The second-order valence-corrected chi connectivity index (χ2v) is 6.70. The van der Waals surface area contributed by atoms with Gasteiger partial charge in [0, 0.05) is 35.4 Å². The van der Waals surface area contributed by atoms with E-state index in [9.17, 15) is 15.0 Å². The minimum Gasteiger partial charge on any atom is -0.508 e. The Kier molecular flexibility index (Phi) is 6.36. The van der Waals surface area contributed by atoms with E-state index in [1.807, 2.05) is 12.1 Å². The van der Waals surface area contributed by atoms with Crippen LogP contribution in [0.25, 0.3) is 0 Å². The molecule has 2 heterocycles. The van der Waals surface area contributed by atoms with Gasteiger partial charge in [0.05, 0.1) is 10.7 Å². The number of esters is 1. The SMILES string of the molecule is CCO.N=C=S.O=C1OC2(c3ccc(O)cc3Oc3cc(O)ccc32)c2ccccc21. The number of nitrogens with one attached hydrogen (secondary N) is 1. The average molecular weight is 437 g/mol. The molecule has 0 saturated heterocycles. The van der Waals surface area contributed by atoms with E-state index in [1.54, 1.807) is 36.4 Å². The van der Waals surface area contributed by atoms with Crippen molar-refractivity contribution in [3.63, 3.8) is 0 Å². The molecule has 0 bridgehead atoms. The molecule has 31 heavy (non-hydrogen) atoms. The Morgan fingerprint density at radius 2 is 1.45 bits per heavy atom. The molecule has 8 heteroatoms. The number of isothiocyanates is 1. The van der Waals surface area contributed by atoms with Crippen molar-refractivity contribution in [2.45, 2.75) is 12.5 Å². The number of fused-ring (bicyclic) bond motifs is 6. The lowest BCUT2D eigenvalue weighted by atomic mass is 9.77. The van der Waals surface area contributed by atoms with Gasteiger partial charge in [-0.3, -0.25) is 0 Å². The van der Waals surface area contributed by atoms with Crippen LogP contribution in [0.1, 0.15) is 34.0 Å². The van der Waals surface area contributed by atoms with Crippen molar-refractivity contribution in [2.75, 3.05) is 6.61 Å². The second kappa shape index (κ2) is 8.97. The van der Waals surface area contributed by atoms with Crippen LogP contribution in [-0.2, 0) is 10.3 Å². The molecule has 4 N–H and O–H groups in total. The van der Waals surface area contributed by atoms with Gasteiger partial charge in [0.2, 0.25) is 0 Å². The van der Waals surface area contributed by atoms with Gasteiger partial charge in [0.1, 0.15) is 23.0 Å². The number of hydrogen-bond acceptors (Lipinski definition) is 8. The third kappa shape index (κ3) is 3.75. The van der Waals surface area contributed by atoms with Crippen molar-refractivity contribution in [2.24, 2.45) is 0 Å². The highest BCUT2D eigenvalue weighted by atomic mass is 32.1. The van der Waals surface area contributed by atoms with Gasteiger partial charge in [-0.1, -0.05) is 18.2 Å². The zero-order chi connectivity index (χ0) is 22.6. The fraction of sp³-hybridized carbons (Fsp3) is 0.130. The largest absolute Gasteiger partial charge is 0.508 e. The number of thiocarbonyl (C=S) groups is 1. The highest BCUT2D eigenvalue weighted by molar-refractivity contribution is 7.78. The summed E-state index contributed by atoms with van der Waals surface area (Å²) in [5.41, 5.74) is 1.28. The molecule has 0 aromatic heterocycles. The Hall–Kier alpha value is -3.71. The molecule has 5 rings (SSSR count). The number of rotatable bonds is 0. The summed E-state index contributed by atoms with van der Waals surface area (Å²) >= 11 is 3.81. The lowest BCUT2D eigenvalue weighted by Crippen LogP contribution is -2.32. The van der Waals surface area contributed by atoms with E-state index < -0.39 is 11.6 Å². The van der Waals surface area contributed by atoms with Gasteiger partial charge in [0.25, 0.3) is 0 Å². The molecule has 0 radical (unpaired) electrons. The number of aliphatic hydroxyl groups is 1. The van der Waals surface area contributed by atoms with E-state index in [0.717, 1.165) is 0 Å². The van der Waals surface area contributed by atoms with Gasteiger partial charge < -0.3 is 24.8 Å². The van der Waals surface area contributed by atoms with E-state index in [4.69, 9.17) is 20.0 Å². The molecular formula is C23H19NO6S. The molecular weight excluding hydrogens is 418 g/mol. The van der Waals surface area contributed by atoms with Gasteiger partial charge in [-0.15, -0.1) is 0 Å². The number of aliphatic hydroxyl groups excluding tert-OH is 1. The summed E-state index contributed by atoms with van der Waals surface area (Å²) in [5.74, 6) is 0.408. The maximum absolute atomic E-state index is 12.5. The number of phenols is 2. The van der Waals surface area contributed by atoms with Crippen molar-refractivity contribution in [1.82, 2.24) is 0 Å². The molecule has 2 aliphatic rings. The monoisotopic (exact) mass is 437 g/mol. The molecule has 0 atom stereocenters. The van der Waals surface area contributed by atoms with Crippen LogP contribution in [-0.4, -0.2) is 33.1 Å². The lowest BCUT2D eigenvalue weighted by molar-refractivity contribution is 0.0224. The quantitative estimate of drug-likeness (QED) is 0.235. The fourth-order valence-corrected chi connectivity index (χ4v) is 3.65. The molecule has 0 fully saturated rings. The topological polar surface area (TPSA) is 120 Å². The zero-order valence-electron chi connectivity index (χ0n) is 16.5. The van der Waals surface area contributed by atoms with Crippen LogP contribution >= 0.6 is 12.2 Å². The maximum Gasteiger partial charge on any atom is 0.340 e. The lowest BCUT2D eigenvalue weighted by Gasteiger charge is -2.36. The molecule has 1 spiro atoms. The first kappa shape index (κ1) is 22.0. The smallest absolute Gasteiger partial charge is 0.340 e. The van der Waals surface area contributed by atoms with Crippen LogP contribution in [0.5, 0.6) is 23.0 Å². The highest BCUT2D eigenvalue weighted by Crippen LogP contribution is 2.56. The summed E-state index contributed by atoms with van der Waals surface area (Å²) in [5, 5.41) is 34.6. The first-order chi connectivity index (χ1) is 14.9. The number of phenolic OH excluding ortho intramolecular Hbond substituents is 2. The normalized spacial score (nSPS) is 13.5. The molecule has 3 aromatic carbocycles. The molecule has 0 aliphatic carbocycles. The number of carbonyl (C=O) groups excluding carboxylic acids is 1. The van der Waals surface area contributed by atoms with Gasteiger partial charge in [-0.25, -0.2) is 10.2 Å².